The first-order valence-corrected chi connectivity index (χ1v) is 8.51. The van der Waals surface area contributed by atoms with E-state index in [4.69, 9.17) is 6.57 Å². The number of nitrogens with zero attached hydrogens (tertiary/aromatic N) is 6. The summed E-state index contributed by atoms with van der Waals surface area (Å²) >= 11 is 0. The number of hydrogen-bond acceptors (Lipinski definition) is 3. The maximum Gasteiger partial charge on any atom is 0.433 e. The number of aromatic nitrogens is 5. The van der Waals surface area contributed by atoms with Gasteiger partial charge in [0.2, 0.25) is 5.65 Å². The molecule has 0 N–H and O–H groups in total. The van der Waals surface area contributed by atoms with Gasteiger partial charge in [-0.1, -0.05) is 12.6 Å². The molecule has 0 spiro atoms. The van der Waals surface area contributed by atoms with Gasteiger partial charge in [-0.2, -0.15) is 18.3 Å². The number of pyridine rings is 2. The summed E-state index contributed by atoms with van der Waals surface area (Å²) in [6.45, 7) is 6.48. The van der Waals surface area contributed by atoms with E-state index in [1.54, 1.807) is 18.3 Å². The van der Waals surface area contributed by atoms with Crippen LogP contribution in [0.3, 0.4) is 0 Å². The monoisotopic (exact) mass is 418 g/mol. The van der Waals surface area contributed by atoms with E-state index in [1.807, 2.05) is 0 Å². The van der Waals surface area contributed by atoms with Crippen molar-refractivity contribution >= 4 is 11.5 Å². The van der Waals surface area contributed by atoms with Crippen LogP contribution in [0, 0.1) is 6.57 Å². The Kier molecular flexibility index (Phi) is 4.69. The summed E-state index contributed by atoms with van der Waals surface area (Å²) in [5.74, 6) is 0.227. The van der Waals surface area contributed by atoms with Crippen molar-refractivity contribution < 1.29 is 22.0 Å². The molecule has 0 bridgehead atoms. The summed E-state index contributed by atoms with van der Waals surface area (Å²) in [6, 6.07) is 6.55. The van der Waals surface area contributed by atoms with Crippen molar-refractivity contribution in [3.63, 3.8) is 0 Å². The van der Waals surface area contributed by atoms with Crippen LogP contribution in [0.2, 0.25) is 0 Å². The van der Waals surface area contributed by atoms with Crippen LogP contribution in [0.25, 0.3) is 33.0 Å². The number of rotatable bonds is 4. The largest absolute Gasteiger partial charge is 0.433 e. The number of halogens is 5. The van der Waals surface area contributed by atoms with E-state index in [-0.39, 0.29) is 17.2 Å². The van der Waals surface area contributed by atoms with Gasteiger partial charge >= 0.3 is 6.18 Å². The van der Waals surface area contributed by atoms with E-state index in [9.17, 15) is 22.0 Å². The lowest BCUT2D eigenvalue weighted by Crippen LogP contribution is -2.09. The second-order valence-corrected chi connectivity index (χ2v) is 6.28. The minimum absolute atomic E-state index is 0.0191. The van der Waals surface area contributed by atoms with Gasteiger partial charge in [-0.25, -0.2) is 23.1 Å². The van der Waals surface area contributed by atoms with Crippen LogP contribution in [-0.2, 0) is 12.7 Å². The van der Waals surface area contributed by atoms with Gasteiger partial charge in [0.15, 0.2) is 0 Å². The Balaban J connectivity index is 1.90. The summed E-state index contributed by atoms with van der Waals surface area (Å²) in [7, 11) is 0. The summed E-state index contributed by atoms with van der Waals surface area (Å²) in [6.07, 6.45) is -3.12. The van der Waals surface area contributed by atoms with Gasteiger partial charge in [-0.15, -0.1) is 0 Å². The van der Waals surface area contributed by atoms with Gasteiger partial charge < -0.3 is 4.85 Å². The van der Waals surface area contributed by atoms with Crippen LogP contribution in [0.1, 0.15) is 5.69 Å². The average Bonchev–Trinajstić information content (AvgIpc) is 3.30. The van der Waals surface area contributed by atoms with Gasteiger partial charge in [0.25, 0.3) is 12.2 Å². The topological polar surface area (TPSA) is 52.4 Å². The molecule has 4 aromatic rings. The summed E-state index contributed by atoms with van der Waals surface area (Å²) in [4.78, 5) is 11.1. The molecule has 0 radical (unpaired) electrons. The van der Waals surface area contributed by atoms with Crippen molar-refractivity contribution in [2.75, 3.05) is 0 Å². The van der Waals surface area contributed by atoms with Gasteiger partial charge in [0.1, 0.15) is 17.9 Å². The molecule has 0 aliphatic rings. The Morgan fingerprint density at radius 2 is 1.90 bits per heavy atom. The lowest BCUT2D eigenvalue weighted by molar-refractivity contribution is -0.141. The van der Waals surface area contributed by atoms with E-state index in [2.05, 4.69) is 19.9 Å². The van der Waals surface area contributed by atoms with E-state index in [0.29, 0.717) is 16.8 Å². The molecule has 152 valence electrons. The molecule has 0 amide bonds. The van der Waals surface area contributed by atoms with E-state index >= 15 is 0 Å². The van der Waals surface area contributed by atoms with E-state index in [0.717, 1.165) is 10.7 Å². The van der Waals surface area contributed by atoms with Crippen LogP contribution >= 0.6 is 0 Å². The fourth-order valence-corrected chi connectivity index (χ4v) is 2.99. The first-order chi connectivity index (χ1) is 14.3. The molecule has 0 unspecified atom stereocenters. The molecule has 6 nitrogen and oxygen atoms in total. The normalized spacial score (nSPS) is 11.9. The molecular weight excluding hydrogens is 407 g/mol. The molecular formula is C19H11F5N6. The molecule has 0 atom stereocenters. The summed E-state index contributed by atoms with van der Waals surface area (Å²) in [5.41, 5.74) is 0.0434. The fraction of sp³-hybridized carbons (Fsp3) is 0.158. The zero-order valence-electron chi connectivity index (χ0n) is 15.0. The minimum Gasteiger partial charge on any atom is -0.362 e. The van der Waals surface area contributed by atoms with Crippen molar-refractivity contribution in [1.82, 2.24) is 24.1 Å². The lowest BCUT2D eigenvalue weighted by Gasteiger charge is -2.07. The Bertz CT molecular complexity index is 1260. The fourth-order valence-electron chi connectivity index (χ4n) is 2.99. The van der Waals surface area contributed by atoms with Crippen LogP contribution in [0.15, 0.2) is 48.9 Å². The molecule has 0 aliphatic carbocycles. The SMILES string of the molecule is [C-]#[N+]c1cnc2ccc(-c3cn(CC(F)F)nc3-c3cccc(C(F)(F)F)n3)cn12. The van der Waals surface area contributed by atoms with Gasteiger partial charge in [0, 0.05) is 23.4 Å². The van der Waals surface area contributed by atoms with Crippen LogP contribution in [0.4, 0.5) is 27.8 Å². The van der Waals surface area contributed by atoms with E-state index < -0.39 is 24.8 Å². The molecule has 4 rings (SSSR count). The Hall–Kier alpha value is -3.81. The maximum absolute atomic E-state index is 13.1. The lowest BCUT2D eigenvalue weighted by atomic mass is 10.1. The highest BCUT2D eigenvalue weighted by Gasteiger charge is 2.33. The second kappa shape index (κ2) is 7.22. The number of fused-ring (bicyclic) bond motifs is 1. The van der Waals surface area contributed by atoms with Crippen molar-refractivity contribution in [2.45, 2.75) is 19.1 Å². The van der Waals surface area contributed by atoms with Crippen molar-refractivity contribution in [2.24, 2.45) is 0 Å². The Morgan fingerprint density at radius 1 is 1.10 bits per heavy atom. The standard InChI is InChI=1S/C19H11F5N6/c1-25-17-7-26-16-6-5-11(8-30(16)17)12-9-29(10-15(20)21)28-18(12)13-3-2-4-14(27-13)19(22,23)24/h2-9,15H,10H2. The molecule has 0 aliphatic heterocycles. The third-order valence-corrected chi connectivity index (χ3v) is 4.28. The van der Waals surface area contributed by atoms with Crippen molar-refractivity contribution in [1.29, 1.82) is 0 Å². The van der Waals surface area contributed by atoms with Gasteiger partial charge in [-0.3, -0.25) is 4.68 Å². The first kappa shape index (κ1) is 19.5. The van der Waals surface area contributed by atoms with Crippen LogP contribution < -0.4 is 0 Å². The predicted molar refractivity (Wildman–Crippen MR) is 96.9 cm³/mol. The van der Waals surface area contributed by atoms with Crippen molar-refractivity contribution in [3.8, 4) is 22.5 Å². The predicted octanol–water partition coefficient (Wildman–Crippen LogP) is 5.09. The molecule has 4 heterocycles. The number of hydrogen-bond donors (Lipinski definition) is 0. The van der Waals surface area contributed by atoms with Gasteiger partial charge in [-0.05, 0) is 18.2 Å². The third-order valence-electron chi connectivity index (χ3n) is 4.28. The molecule has 0 aromatic carbocycles. The zero-order chi connectivity index (χ0) is 21.5. The van der Waals surface area contributed by atoms with Crippen LogP contribution in [-0.4, -0.2) is 30.6 Å². The smallest absolute Gasteiger partial charge is 0.362 e. The minimum atomic E-state index is -4.66. The van der Waals surface area contributed by atoms with E-state index in [1.165, 1.54) is 28.9 Å². The van der Waals surface area contributed by atoms with Gasteiger partial charge in [0.05, 0.1) is 18.1 Å². The molecule has 0 saturated heterocycles. The maximum atomic E-state index is 13.1. The third kappa shape index (κ3) is 3.59. The molecule has 0 fully saturated rings. The Morgan fingerprint density at radius 3 is 2.60 bits per heavy atom. The Labute approximate surface area is 166 Å². The number of imidazole rings is 1. The second-order valence-electron chi connectivity index (χ2n) is 6.28. The molecule has 0 saturated carbocycles. The molecule has 30 heavy (non-hydrogen) atoms. The summed E-state index contributed by atoms with van der Waals surface area (Å²) < 4.78 is 67.5. The quantitative estimate of drug-likeness (QED) is 0.343. The highest BCUT2D eigenvalue weighted by molar-refractivity contribution is 5.79. The van der Waals surface area contributed by atoms with Crippen LogP contribution in [0.5, 0.6) is 0 Å². The first-order valence-electron chi connectivity index (χ1n) is 8.51. The highest BCUT2D eigenvalue weighted by Crippen LogP contribution is 2.34. The molecule has 11 heteroatoms. The average molecular weight is 418 g/mol. The summed E-state index contributed by atoms with van der Waals surface area (Å²) in [5, 5.41) is 4.05. The highest BCUT2D eigenvalue weighted by atomic mass is 19.4. The number of alkyl halides is 5. The zero-order valence-corrected chi connectivity index (χ0v) is 15.0. The van der Waals surface area contributed by atoms with Crippen molar-refractivity contribution in [3.05, 3.63) is 66.0 Å². The molecule has 4 aromatic heterocycles.